The van der Waals surface area contributed by atoms with Gasteiger partial charge in [-0.25, -0.2) is 13.8 Å². The van der Waals surface area contributed by atoms with Crippen molar-refractivity contribution in [2.24, 2.45) is 0 Å². The summed E-state index contributed by atoms with van der Waals surface area (Å²) in [6.07, 6.45) is 4.22. The Morgan fingerprint density at radius 1 is 1.35 bits per heavy atom. The zero-order valence-electron chi connectivity index (χ0n) is 11.4. The summed E-state index contributed by atoms with van der Waals surface area (Å²) in [6.45, 7) is 2.89. The maximum Gasteiger partial charge on any atom is 0.163 e. The molecule has 1 heterocycles. The number of halogens is 2. The molecule has 2 aromatic rings. The molecule has 1 aliphatic rings. The fraction of sp³-hybridized carbons (Fsp3) is 0.400. The second-order valence-corrected chi connectivity index (χ2v) is 5.25. The van der Waals surface area contributed by atoms with Gasteiger partial charge in [0.15, 0.2) is 11.6 Å². The molecular formula is C15H17F2N3. The van der Waals surface area contributed by atoms with E-state index in [0.717, 1.165) is 17.6 Å². The van der Waals surface area contributed by atoms with Crippen LogP contribution in [-0.2, 0) is 13.1 Å². The smallest absolute Gasteiger partial charge is 0.163 e. The molecule has 0 saturated heterocycles. The van der Waals surface area contributed by atoms with E-state index in [2.05, 4.69) is 10.3 Å². The summed E-state index contributed by atoms with van der Waals surface area (Å²) in [5.41, 5.74) is 1.34. The predicted octanol–water partition coefficient (Wildman–Crippen LogP) is 2.77. The molecule has 0 bridgehead atoms. The highest BCUT2D eigenvalue weighted by molar-refractivity contribution is 5.21. The van der Waals surface area contributed by atoms with E-state index in [-0.39, 0.29) is 0 Å². The lowest BCUT2D eigenvalue weighted by atomic mass is 10.2. The van der Waals surface area contributed by atoms with Crippen molar-refractivity contribution in [1.29, 1.82) is 0 Å². The van der Waals surface area contributed by atoms with Crippen molar-refractivity contribution < 1.29 is 8.78 Å². The zero-order chi connectivity index (χ0) is 14.1. The van der Waals surface area contributed by atoms with Crippen LogP contribution in [0.25, 0.3) is 0 Å². The van der Waals surface area contributed by atoms with Gasteiger partial charge in [0.05, 0.1) is 12.2 Å². The van der Waals surface area contributed by atoms with Gasteiger partial charge in [0.1, 0.15) is 5.82 Å². The normalized spacial score (nSPS) is 14.8. The van der Waals surface area contributed by atoms with Gasteiger partial charge in [-0.05, 0) is 25.8 Å². The van der Waals surface area contributed by atoms with E-state index in [1.165, 1.54) is 18.9 Å². The van der Waals surface area contributed by atoms with Crippen molar-refractivity contribution in [2.45, 2.75) is 38.9 Å². The van der Waals surface area contributed by atoms with Crippen molar-refractivity contribution >= 4 is 0 Å². The van der Waals surface area contributed by atoms with E-state index >= 15 is 0 Å². The van der Waals surface area contributed by atoms with Crippen LogP contribution in [0.15, 0.2) is 24.4 Å². The molecule has 0 unspecified atom stereocenters. The highest BCUT2D eigenvalue weighted by atomic mass is 19.2. The molecule has 1 saturated carbocycles. The second-order valence-electron chi connectivity index (χ2n) is 5.25. The highest BCUT2D eigenvalue weighted by Gasteiger charge is 2.21. The van der Waals surface area contributed by atoms with Crippen molar-refractivity contribution in [1.82, 2.24) is 14.9 Å². The Hall–Kier alpha value is -1.75. The van der Waals surface area contributed by atoms with Gasteiger partial charge in [0, 0.05) is 24.3 Å². The Labute approximate surface area is 116 Å². The average molecular weight is 277 g/mol. The molecular weight excluding hydrogens is 260 g/mol. The molecule has 1 aliphatic carbocycles. The molecule has 1 aromatic carbocycles. The largest absolute Gasteiger partial charge is 0.326 e. The number of aromatic nitrogens is 2. The Morgan fingerprint density at radius 3 is 2.90 bits per heavy atom. The maximum absolute atomic E-state index is 13.8. The van der Waals surface area contributed by atoms with Gasteiger partial charge in [-0.3, -0.25) is 0 Å². The molecule has 0 spiro atoms. The number of nitrogens with one attached hydrogen (secondary N) is 1. The standard InChI is InChI=1S/C15H17F2N3/c1-10-18-7-13(8-19-12-5-6-12)20(10)9-11-3-2-4-14(16)15(11)17/h2-4,7,12,19H,5-6,8-9H2,1H3. The Balaban J connectivity index is 1.81. The molecule has 1 aromatic heterocycles. The van der Waals surface area contributed by atoms with Crippen molar-refractivity contribution in [3.8, 4) is 0 Å². The Kier molecular flexibility index (Phi) is 3.53. The fourth-order valence-electron chi connectivity index (χ4n) is 2.25. The van der Waals surface area contributed by atoms with E-state index in [0.29, 0.717) is 24.7 Å². The van der Waals surface area contributed by atoms with Crippen LogP contribution in [-0.4, -0.2) is 15.6 Å². The summed E-state index contributed by atoms with van der Waals surface area (Å²) in [4.78, 5) is 4.27. The molecule has 0 aliphatic heterocycles. The van der Waals surface area contributed by atoms with Gasteiger partial charge in [0.2, 0.25) is 0 Å². The summed E-state index contributed by atoms with van der Waals surface area (Å²) in [7, 11) is 0. The van der Waals surface area contributed by atoms with Crippen LogP contribution in [0.4, 0.5) is 8.78 Å². The first kappa shape index (κ1) is 13.2. The lowest BCUT2D eigenvalue weighted by molar-refractivity contribution is 0.493. The van der Waals surface area contributed by atoms with E-state index in [4.69, 9.17) is 0 Å². The molecule has 1 fully saturated rings. The van der Waals surface area contributed by atoms with Crippen LogP contribution in [0.5, 0.6) is 0 Å². The van der Waals surface area contributed by atoms with Gasteiger partial charge >= 0.3 is 0 Å². The van der Waals surface area contributed by atoms with Crippen LogP contribution in [0.2, 0.25) is 0 Å². The third-order valence-electron chi connectivity index (χ3n) is 3.65. The minimum atomic E-state index is -0.807. The molecule has 106 valence electrons. The van der Waals surface area contributed by atoms with Gasteiger partial charge in [-0.15, -0.1) is 0 Å². The van der Waals surface area contributed by atoms with E-state index < -0.39 is 11.6 Å². The first-order chi connectivity index (χ1) is 9.65. The maximum atomic E-state index is 13.8. The van der Waals surface area contributed by atoms with Gasteiger partial charge in [-0.1, -0.05) is 12.1 Å². The minimum absolute atomic E-state index is 0.303. The van der Waals surface area contributed by atoms with E-state index in [1.54, 1.807) is 12.3 Å². The number of nitrogens with zero attached hydrogens (tertiary/aromatic N) is 2. The molecule has 20 heavy (non-hydrogen) atoms. The van der Waals surface area contributed by atoms with Crippen LogP contribution >= 0.6 is 0 Å². The van der Waals surface area contributed by atoms with Crippen LogP contribution < -0.4 is 5.32 Å². The molecule has 0 radical (unpaired) electrons. The van der Waals surface area contributed by atoms with Gasteiger partial charge < -0.3 is 9.88 Å². The molecule has 0 atom stereocenters. The van der Waals surface area contributed by atoms with Crippen molar-refractivity contribution in [3.63, 3.8) is 0 Å². The van der Waals surface area contributed by atoms with Crippen LogP contribution in [0.1, 0.15) is 29.9 Å². The molecule has 0 amide bonds. The number of rotatable bonds is 5. The molecule has 1 N–H and O–H groups in total. The molecule has 3 rings (SSSR count). The fourth-order valence-corrected chi connectivity index (χ4v) is 2.25. The number of imidazole rings is 1. The highest BCUT2D eigenvalue weighted by Crippen LogP contribution is 2.20. The summed E-state index contributed by atoms with van der Waals surface area (Å²) < 4.78 is 28.9. The monoisotopic (exact) mass is 277 g/mol. The Bertz CT molecular complexity index is 618. The second kappa shape index (κ2) is 5.32. The molecule has 3 nitrogen and oxygen atoms in total. The summed E-state index contributed by atoms with van der Waals surface area (Å²) >= 11 is 0. The SMILES string of the molecule is Cc1ncc(CNC2CC2)n1Cc1cccc(F)c1F. The summed E-state index contributed by atoms with van der Waals surface area (Å²) in [5.74, 6) is -0.777. The molecule has 5 heteroatoms. The zero-order valence-corrected chi connectivity index (χ0v) is 11.4. The number of hydrogen-bond acceptors (Lipinski definition) is 2. The number of aryl methyl sites for hydroxylation is 1. The van der Waals surface area contributed by atoms with Crippen LogP contribution in [0, 0.1) is 18.6 Å². The van der Waals surface area contributed by atoms with E-state index in [9.17, 15) is 8.78 Å². The van der Waals surface area contributed by atoms with E-state index in [1.807, 2.05) is 11.5 Å². The third kappa shape index (κ3) is 2.72. The van der Waals surface area contributed by atoms with Gasteiger partial charge in [-0.2, -0.15) is 0 Å². The first-order valence-corrected chi connectivity index (χ1v) is 6.82. The topological polar surface area (TPSA) is 29.9 Å². The van der Waals surface area contributed by atoms with Gasteiger partial charge in [0.25, 0.3) is 0 Å². The summed E-state index contributed by atoms with van der Waals surface area (Å²) in [6, 6.07) is 4.87. The third-order valence-corrected chi connectivity index (χ3v) is 3.65. The van der Waals surface area contributed by atoms with Crippen molar-refractivity contribution in [2.75, 3.05) is 0 Å². The first-order valence-electron chi connectivity index (χ1n) is 6.82. The lowest BCUT2D eigenvalue weighted by Crippen LogP contribution is -2.19. The minimum Gasteiger partial charge on any atom is -0.326 e. The number of hydrogen-bond donors (Lipinski definition) is 1. The van der Waals surface area contributed by atoms with Crippen LogP contribution in [0.3, 0.4) is 0 Å². The summed E-state index contributed by atoms with van der Waals surface area (Å²) in [5, 5.41) is 3.41. The Morgan fingerprint density at radius 2 is 2.15 bits per heavy atom. The lowest BCUT2D eigenvalue weighted by Gasteiger charge is -2.12. The average Bonchev–Trinajstić information content (AvgIpc) is 3.20. The van der Waals surface area contributed by atoms with Crippen molar-refractivity contribution in [3.05, 3.63) is 53.1 Å². The number of benzene rings is 1. The predicted molar refractivity (Wildman–Crippen MR) is 72.3 cm³/mol. The quantitative estimate of drug-likeness (QED) is 0.910.